The average molecular weight is 499 g/mol. The summed E-state index contributed by atoms with van der Waals surface area (Å²) in [5.41, 5.74) is 11.0. The number of hydrogen-bond acceptors (Lipinski definition) is 4. The third-order valence-corrected chi connectivity index (χ3v) is 6.54. The average Bonchev–Trinajstić information content (AvgIpc) is 3.34. The number of nitrogens with two attached hydrogens (primary N) is 1. The molecule has 1 aliphatic carbocycles. The van der Waals surface area contributed by atoms with Gasteiger partial charge in [0, 0.05) is 24.2 Å². The number of anilines is 1. The second-order valence-corrected chi connectivity index (χ2v) is 10.1. The molecule has 0 aliphatic heterocycles. The second-order valence-electron chi connectivity index (χ2n) is 10.1. The molecule has 0 saturated carbocycles. The van der Waals surface area contributed by atoms with Gasteiger partial charge in [-0.25, -0.2) is 4.98 Å². The van der Waals surface area contributed by atoms with E-state index in [1.165, 1.54) is 11.1 Å². The van der Waals surface area contributed by atoms with Crippen LogP contribution in [0, 0.1) is 5.41 Å². The van der Waals surface area contributed by atoms with E-state index in [-0.39, 0.29) is 17.2 Å². The van der Waals surface area contributed by atoms with Crippen molar-refractivity contribution in [1.82, 2.24) is 9.55 Å². The summed E-state index contributed by atoms with van der Waals surface area (Å²) < 4.78 is 7.43. The fourth-order valence-electron chi connectivity index (χ4n) is 4.56. The molecule has 3 rings (SSSR count). The molecule has 0 spiro atoms. The van der Waals surface area contributed by atoms with Crippen LogP contribution in [0.3, 0.4) is 0 Å². The lowest BCUT2D eigenvalue weighted by Crippen LogP contribution is -2.25. The minimum absolute atomic E-state index is 0.117. The van der Waals surface area contributed by atoms with Crippen LogP contribution in [0.15, 0.2) is 114 Å². The van der Waals surface area contributed by atoms with Gasteiger partial charge in [0.05, 0.1) is 12.4 Å². The van der Waals surface area contributed by atoms with Gasteiger partial charge in [-0.2, -0.15) is 0 Å². The predicted molar refractivity (Wildman–Crippen MR) is 152 cm³/mol. The molecule has 0 saturated heterocycles. The lowest BCUT2D eigenvalue weighted by atomic mass is 9.71. The topological polar surface area (TPSA) is 82.2 Å². The molecule has 0 radical (unpaired) electrons. The van der Waals surface area contributed by atoms with Gasteiger partial charge in [-0.3, -0.25) is 4.79 Å². The quantitative estimate of drug-likeness (QED) is 0.221. The molecule has 2 aromatic rings. The van der Waals surface area contributed by atoms with Crippen LogP contribution in [0.25, 0.3) is 0 Å². The van der Waals surface area contributed by atoms with Crippen LogP contribution >= 0.6 is 0 Å². The van der Waals surface area contributed by atoms with E-state index >= 15 is 0 Å². The van der Waals surface area contributed by atoms with Crippen LogP contribution < -0.4 is 15.8 Å². The van der Waals surface area contributed by atoms with Gasteiger partial charge in [0.2, 0.25) is 5.91 Å². The van der Waals surface area contributed by atoms with Crippen molar-refractivity contribution in [1.29, 1.82) is 0 Å². The van der Waals surface area contributed by atoms with E-state index in [9.17, 15) is 4.79 Å². The molecule has 0 bridgehead atoms. The SMILES string of the molecule is C=C(N)Oc1ccc(NC(=O)/C=C(C)/C=C/C=C(C)/C=C/C2=C(C)C(n3ccnc3)CCC2(C)C)cc1. The molecule has 3 N–H and O–H groups in total. The minimum Gasteiger partial charge on any atom is -0.442 e. The number of benzene rings is 1. The number of imidazole rings is 1. The van der Waals surface area contributed by atoms with E-state index in [1.807, 2.05) is 37.8 Å². The van der Waals surface area contributed by atoms with E-state index in [4.69, 9.17) is 10.5 Å². The van der Waals surface area contributed by atoms with E-state index in [1.54, 1.807) is 30.3 Å². The Balaban J connectivity index is 1.61. The maximum Gasteiger partial charge on any atom is 0.248 e. The first kappa shape index (κ1) is 27.5. The van der Waals surface area contributed by atoms with E-state index in [0.29, 0.717) is 17.5 Å². The Labute approximate surface area is 220 Å². The lowest BCUT2D eigenvalue weighted by molar-refractivity contribution is -0.111. The summed E-state index contributed by atoms with van der Waals surface area (Å²) in [5, 5.41) is 2.84. The molecule has 1 amide bonds. The van der Waals surface area contributed by atoms with Gasteiger partial charge in [-0.05, 0) is 86.6 Å². The van der Waals surface area contributed by atoms with E-state index in [0.717, 1.165) is 24.0 Å². The fourth-order valence-corrected chi connectivity index (χ4v) is 4.56. The highest BCUT2D eigenvalue weighted by Gasteiger charge is 2.32. The molecule has 1 atom stereocenters. The maximum absolute atomic E-state index is 12.3. The molecule has 6 heteroatoms. The molecular weight excluding hydrogens is 460 g/mol. The summed E-state index contributed by atoms with van der Waals surface area (Å²) in [7, 11) is 0. The summed E-state index contributed by atoms with van der Waals surface area (Å²) >= 11 is 0. The first-order chi connectivity index (χ1) is 17.5. The number of amides is 1. The van der Waals surface area contributed by atoms with Gasteiger partial charge in [0.25, 0.3) is 0 Å². The smallest absolute Gasteiger partial charge is 0.248 e. The monoisotopic (exact) mass is 498 g/mol. The summed E-state index contributed by atoms with van der Waals surface area (Å²) in [6.07, 6.45) is 20.0. The van der Waals surface area contributed by atoms with E-state index in [2.05, 4.69) is 67.4 Å². The Morgan fingerprint density at radius 2 is 1.95 bits per heavy atom. The zero-order valence-electron chi connectivity index (χ0n) is 22.5. The van der Waals surface area contributed by atoms with Crippen molar-refractivity contribution in [3.63, 3.8) is 0 Å². The number of carbonyl (C=O) groups excluding carboxylic acids is 1. The van der Waals surface area contributed by atoms with Crippen LogP contribution in [0.5, 0.6) is 5.75 Å². The van der Waals surface area contributed by atoms with Crippen molar-refractivity contribution < 1.29 is 9.53 Å². The van der Waals surface area contributed by atoms with Gasteiger partial charge in [0.1, 0.15) is 5.75 Å². The van der Waals surface area contributed by atoms with Crippen LogP contribution in [-0.2, 0) is 4.79 Å². The molecule has 1 unspecified atom stereocenters. The number of nitrogens with zero attached hydrogens (tertiary/aromatic N) is 2. The molecule has 1 heterocycles. The summed E-state index contributed by atoms with van der Waals surface area (Å²) in [4.78, 5) is 16.6. The number of ether oxygens (including phenoxy) is 1. The van der Waals surface area contributed by atoms with Gasteiger partial charge in [-0.15, -0.1) is 0 Å². The Hall–Kier alpha value is -4.06. The first-order valence-electron chi connectivity index (χ1n) is 12.5. The van der Waals surface area contributed by atoms with Crippen molar-refractivity contribution >= 4 is 11.6 Å². The number of rotatable bonds is 9. The third-order valence-electron chi connectivity index (χ3n) is 6.54. The number of hydrogen-bond donors (Lipinski definition) is 2. The van der Waals surface area contributed by atoms with Crippen molar-refractivity contribution in [2.45, 2.75) is 53.5 Å². The normalized spacial score (nSPS) is 18.5. The molecule has 1 aromatic heterocycles. The van der Waals surface area contributed by atoms with Crippen molar-refractivity contribution in [3.8, 4) is 5.75 Å². The first-order valence-corrected chi connectivity index (χ1v) is 12.5. The molecule has 194 valence electrons. The Kier molecular flexibility index (Phi) is 9.12. The van der Waals surface area contributed by atoms with E-state index < -0.39 is 0 Å². The van der Waals surface area contributed by atoms with Crippen molar-refractivity contribution in [3.05, 3.63) is 114 Å². The van der Waals surface area contributed by atoms with Crippen LogP contribution in [0.2, 0.25) is 0 Å². The standard InChI is InChI=1S/C31H38N4O2/c1-22(10-15-28-24(3)29(16-17-31(28,5)6)35-19-18-33-21-35)8-7-9-23(2)20-30(36)34-26-11-13-27(14-12-26)37-25(4)32/h7-15,18-21,29H,4,16-17,32H2,1-3,5-6H3,(H,34,36)/b9-7+,15-10+,22-8+,23-20+. The second kappa shape index (κ2) is 12.3. The number of nitrogens with one attached hydrogen (secondary N) is 1. The van der Waals surface area contributed by atoms with Gasteiger partial charge < -0.3 is 20.4 Å². The van der Waals surface area contributed by atoms with Crippen LogP contribution in [-0.4, -0.2) is 15.5 Å². The molecule has 0 fully saturated rings. The number of allylic oxidation sites excluding steroid dienone is 9. The Morgan fingerprint density at radius 1 is 1.22 bits per heavy atom. The summed E-state index contributed by atoms with van der Waals surface area (Å²) in [5.74, 6) is 0.480. The van der Waals surface area contributed by atoms with Gasteiger partial charge in [-0.1, -0.05) is 49.8 Å². The fraction of sp³-hybridized carbons (Fsp3) is 0.290. The van der Waals surface area contributed by atoms with Crippen molar-refractivity contribution in [2.24, 2.45) is 11.1 Å². The molecule has 1 aliphatic rings. The molecule has 37 heavy (non-hydrogen) atoms. The zero-order valence-corrected chi connectivity index (χ0v) is 22.5. The largest absolute Gasteiger partial charge is 0.442 e. The zero-order chi connectivity index (χ0) is 27.0. The molecule has 1 aromatic carbocycles. The van der Waals surface area contributed by atoms with Gasteiger partial charge in [0.15, 0.2) is 5.88 Å². The molecule has 6 nitrogen and oxygen atoms in total. The lowest BCUT2D eigenvalue weighted by Gasteiger charge is -2.37. The summed E-state index contributed by atoms with van der Waals surface area (Å²) in [6.45, 7) is 14.4. The Bertz CT molecular complexity index is 1260. The van der Waals surface area contributed by atoms with Gasteiger partial charge >= 0.3 is 0 Å². The maximum atomic E-state index is 12.3. The summed E-state index contributed by atoms with van der Waals surface area (Å²) in [6, 6.07) is 7.28. The minimum atomic E-state index is -0.200. The van der Waals surface area contributed by atoms with Crippen LogP contribution in [0.4, 0.5) is 5.69 Å². The number of carbonyl (C=O) groups is 1. The number of aromatic nitrogens is 2. The van der Waals surface area contributed by atoms with Crippen LogP contribution in [0.1, 0.15) is 53.5 Å². The molecular formula is C31H38N4O2. The highest BCUT2D eigenvalue weighted by atomic mass is 16.5. The third kappa shape index (κ3) is 7.97. The predicted octanol–water partition coefficient (Wildman–Crippen LogP) is 7.01. The van der Waals surface area contributed by atoms with Crippen molar-refractivity contribution in [2.75, 3.05) is 5.32 Å². The highest BCUT2D eigenvalue weighted by Crippen LogP contribution is 2.45. The Morgan fingerprint density at radius 3 is 2.59 bits per heavy atom. The highest BCUT2D eigenvalue weighted by molar-refractivity contribution is 6.00.